The number of nitrogens with zero attached hydrogens (tertiary/aromatic N) is 1. The summed E-state index contributed by atoms with van der Waals surface area (Å²) in [5, 5.41) is 0. The number of anilines is 1. The second kappa shape index (κ2) is 4.83. The molecule has 1 saturated carbocycles. The highest BCUT2D eigenvalue weighted by Gasteiger charge is 2.29. The standard InChI is InChI=1S/C13H19FN2/c1-2-16(9-12(15)10-7-8-10)13-6-4-3-5-11(13)14/h3-6,10,12H,2,7-9,15H2,1H3. The molecule has 2 N–H and O–H groups in total. The van der Waals surface area contributed by atoms with Crippen LogP contribution in [-0.2, 0) is 0 Å². The molecule has 0 aliphatic heterocycles. The van der Waals surface area contributed by atoms with Crippen LogP contribution in [0.4, 0.5) is 10.1 Å². The third-order valence-electron chi connectivity index (χ3n) is 3.23. The Morgan fingerprint density at radius 1 is 1.44 bits per heavy atom. The van der Waals surface area contributed by atoms with Crippen LogP contribution in [0.3, 0.4) is 0 Å². The fraction of sp³-hybridized carbons (Fsp3) is 0.538. The number of rotatable bonds is 5. The third kappa shape index (κ3) is 2.53. The monoisotopic (exact) mass is 222 g/mol. The summed E-state index contributed by atoms with van der Waals surface area (Å²) < 4.78 is 13.6. The first-order chi connectivity index (χ1) is 7.72. The number of likely N-dealkylation sites (N-methyl/N-ethyl adjacent to an activating group) is 1. The molecule has 0 heterocycles. The zero-order chi connectivity index (χ0) is 11.5. The summed E-state index contributed by atoms with van der Waals surface area (Å²) in [7, 11) is 0. The Labute approximate surface area is 96.2 Å². The van der Waals surface area contributed by atoms with E-state index in [9.17, 15) is 4.39 Å². The summed E-state index contributed by atoms with van der Waals surface area (Å²) in [6, 6.07) is 7.08. The Morgan fingerprint density at radius 2 is 2.12 bits per heavy atom. The average Bonchev–Trinajstić information content (AvgIpc) is 3.10. The van der Waals surface area contributed by atoms with Crippen molar-refractivity contribution in [2.45, 2.75) is 25.8 Å². The van der Waals surface area contributed by atoms with Gasteiger partial charge in [0.2, 0.25) is 0 Å². The summed E-state index contributed by atoms with van der Waals surface area (Å²) in [6.45, 7) is 3.58. The van der Waals surface area contributed by atoms with Crippen LogP contribution in [0.25, 0.3) is 0 Å². The number of benzene rings is 1. The van der Waals surface area contributed by atoms with Gasteiger partial charge in [0.25, 0.3) is 0 Å². The fourth-order valence-corrected chi connectivity index (χ4v) is 2.03. The number of hydrogen-bond acceptors (Lipinski definition) is 2. The highest BCUT2D eigenvalue weighted by Crippen LogP contribution is 2.32. The van der Waals surface area contributed by atoms with Crippen LogP contribution in [0.5, 0.6) is 0 Å². The van der Waals surface area contributed by atoms with Gasteiger partial charge < -0.3 is 10.6 Å². The van der Waals surface area contributed by atoms with Gasteiger partial charge in [0.15, 0.2) is 0 Å². The molecule has 0 aromatic heterocycles. The van der Waals surface area contributed by atoms with Gasteiger partial charge in [0.05, 0.1) is 5.69 Å². The lowest BCUT2D eigenvalue weighted by Crippen LogP contribution is -2.39. The molecule has 1 atom stereocenters. The van der Waals surface area contributed by atoms with Crippen LogP contribution in [0, 0.1) is 11.7 Å². The molecule has 1 aliphatic rings. The summed E-state index contributed by atoms with van der Waals surface area (Å²) in [5.41, 5.74) is 6.75. The molecule has 1 fully saturated rings. The van der Waals surface area contributed by atoms with E-state index < -0.39 is 0 Å². The van der Waals surface area contributed by atoms with E-state index in [-0.39, 0.29) is 11.9 Å². The first kappa shape index (κ1) is 11.4. The number of hydrogen-bond donors (Lipinski definition) is 1. The van der Waals surface area contributed by atoms with Crippen LogP contribution >= 0.6 is 0 Å². The molecule has 0 bridgehead atoms. The molecule has 0 spiro atoms. The van der Waals surface area contributed by atoms with Crippen molar-refractivity contribution < 1.29 is 4.39 Å². The second-order valence-corrected chi connectivity index (χ2v) is 4.49. The van der Waals surface area contributed by atoms with Gasteiger partial charge in [-0.15, -0.1) is 0 Å². The molecule has 0 amide bonds. The smallest absolute Gasteiger partial charge is 0.146 e. The van der Waals surface area contributed by atoms with E-state index in [4.69, 9.17) is 5.73 Å². The van der Waals surface area contributed by atoms with Gasteiger partial charge in [-0.3, -0.25) is 0 Å². The van der Waals surface area contributed by atoms with Crippen LogP contribution in [-0.4, -0.2) is 19.1 Å². The summed E-state index contributed by atoms with van der Waals surface area (Å²) in [6.07, 6.45) is 2.46. The predicted octanol–water partition coefficient (Wildman–Crippen LogP) is 2.39. The average molecular weight is 222 g/mol. The van der Waals surface area contributed by atoms with Gasteiger partial charge in [-0.05, 0) is 37.8 Å². The van der Waals surface area contributed by atoms with E-state index in [1.807, 2.05) is 24.0 Å². The molecule has 1 unspecified atom stereocenters. The number of halogens is 1. The molecule has 0 saturated heterocycles. The van der Waals surface area contributed by atoms with Crippen LogP contribution in [0.15, 0.2) is 24.3 Å². The van der Waals surface area contributed by atoms with Crippen LogP contribution in [0.2, 0.25) is 0 Å². The minimum Gasteiger partial charge on any atom is -0.368 e. The van der Waals surface area contributed by atoms with Gasteiger partial charge in [0.1, 0.15) is 5.82 Å². The van der Waals surface area contributed by atoms with Gasteiger partial charge in [-0.2, -0.15) is 0 Å². The lowest BCUT2D eigenvalue weighted by atomic mass is 10.1. The van der Waals surface area contributed by atoms with Gasteiger partial charge in [-0.1, -0.05) is 12.1 Å². The molecule has 16 heavy (non-hydrogen) atoms. The van der Waals surface area contributed by atoms with Crippen molar-refractivity contribution in [1.82, 2.24) is 0 Å². The lowest BCUT2D eigenvalue weighted by Gasteiger charge is -2.26. The molecule has 3 heteroatoms. The summed E-state index contributed by atoms with van der Waals surface area (Å²) in [5.74, 6) is 0.494. The van der Waals surface area contributed by atoms with Crippen LogP contribution in [0.1, 0.15) is 19.8 Å². The first-order valence-electron chi connectivity index (χ1n) is 5.97. The largest absolute Gasteiger partial charge is 0.368 e. The molecule has 1 aromatic rings. The van der Waals surface area contributed by atoms with Gasteiger partial charge in [0, 0.05) is 19.1 Å². The molecule has 0 radical (unpaired) electrons. The molecule has 2 rings (SSSR count). The maximum absolute atomic E-state index is 13.6. The van der Waals surface area contributed by atoms with E-state index in [1.54, 1.807) is 6.07 Å². The molecular weight excluding hydrogens is 203 g/mol. The summed E-state index contributed by atoms with van der Waals surface area (Å²) >= 11 is 0. The van der Waals surface area contributed by atoms with E-state index in [2.05, 4.69) is 0 Å². The van der Waals surface area contributed by atoms with Crippen LogP contribution < -0.4 is 10.6 Å². The van der Waals surface area contributed by atoms with Gasteiger partial charge >= 0.3 is 0 Å². The lowest BCUT2D eigenvalue weighted by molar-refractivity contribution is 0.563. The van der Waals surface area contributed by atoms with Crippen molar-refractivity contribution in [3.05, 3.63) is 30.1 Å². The Kier molecular flexibility index (Phi) is 3.44. The normalized spacial score (nSPS) is 17.2. The zero-order valence-electron chi connectivity index (χ0n) is 9.70. The first-order valence-corrected chi connectivity index (χ1v) is 5.97. The van der Waals surface area contributed by atoms with Gasteiger partial charge in [-0.25, -0.2) is 4.39 Å². The highest BCUT2D eigenvalue weighted by atomic mass is 19.1. The third-order valence-corrected chi connectivity index (χ3v) is 3.23. The van der Waals surface area contributed by atoms with Crippen molar-refractivity contribution in [3.8, 4) is 0 Å². The Morgan fingerprint density at radius 3 is 2.69 bits per heavy atom. The fourth-order valence-electron chi connectivity index (χ4n) is 2.03. The highest BCUT2D eigenvalue weighted by molar-refractivity contribution is 5.47. The van der Waals surface area contributed by atoms with Crippen molar-refractivity contribution in [1.29, 1.82) is 0 Å². The minimum absolute atomic E-state index is 0.160. The Hall–Kier alpha value is -1.09. The second-order valence-electron chi connectivity index (χ2n) is 4.49. The van der Waals surface area contributed by atoms with E-state index >= 15 is 0 Å². The molecule has 2 nitrogen and oxygen atoms in total. The molecule has 88 valence electrons. The Balaban J connectivity index is 2.06. The maximum Gasteiger partial charge on any atom is 0.146 e. The summed E-state index contributed by atoms with van der Waals surface area (Å²) in [4.78, 5) is 2.03. The Bertz CT molecular complexity index is 350. The van der Waals surface area contributed by atoms with E-state index in [0.717, 1.165) is 13.1 Å². The van der Waals surface area contributed by atoms with Crippen molar-refractivity contribution in [2.75, 3.05) is 18.0 Å². The predicted molar refractivity (Wildman–Crippen MR) is 65.0 cm³/mol. The van der Waals surface area contributed by atoms with E-state index in [1.165, 1.54) is 18.9 Å². The number of para-hydroxylation sites is 1. The molecule has 1 aliphatic carbocycles. The van der Waals surface area contributed by atoms with Crippen molar-refractivity contribution >= 4 is 5.69 Å². The topological polar surface area (TPSA) is 29.3 Å². The number of nitrogens with two attached hydrogens (primary N) is 1. The maximum atomic E-state index is 13.6. The minimum atomic E-state index is -0.160. The molecule has 1 aromatic carbocycles. The van der Waals surface area contributed by atoms with Crippen molar-refractivity contribution in [3.63, 3.8) is 0 Å². The quantitative estimate of drug-likeness (QED) is 0.829. The molecular formula is C13H19FN2. The SMILES string of the molecule is CCN(CC(N)C1CC1)c1ccccc1F. The van der Waals surface area contributed by atoms with Crippen molar-refractivity contribution in [2.24, 2.45) is 11.7 Å². The zero-order valence-corrected chi connectivity index (χ0v) is 9.70. The van der Waals surface area contributed by atoms with E-state index in [0.29, 0.717) is 11.6 Å².